The van der Waals surface area contributed by atoms with Crippen molar-refractivity contribution in [2.45, 2.75) is 19.9 Å². The Morgan fingerprint density at radius 3 is 2.41 bits per heavy atom. The van der Waals surface area contributed by atoms with E-state index in [1.807, 2.05) is 49.4 Å². The summed E-state index contributed by atoms with van der Waals surface area (Å²) >= 11 is 0. The topological polar surface area (TPSA) is 118 Å². The van der Waals surface area contributed by atoms with E-state index in [0.29, 0.717) is 16.9 Å². The first-order chi connectivity index (χ1) is 21.2. The Labute approximate surface area is 255 Å². The molecule has 1 aliphatic carbocycles. The molecule has 2 aromatic rings. The second-order valence-corrected chi connectivity index (χ2v) is 10.6. The molecule has 3 aliphatic rings. The van der Waals surface area contributed by atoms with Crippen molar-refractivity contribution in [3.05, 3.63) is 96.2 Å². The van der Waals surface area contributed by atoms with Crippen LogP contribution in [0.15, 0.2) is 85.1 Å². The Hall–Kier alpha value is -4.96. The maximum absolute atomic E-state index is 13.4. The van der Waals surface area contributed by atoms with Gasteiger partial charge in [-0.15, -0.1) is 6.58 Å². The predicted molar refractivity (Wildman–Crippen MR) is 159 cm³/mol. The molecule has 2 heterocycles. The van der Waals surface area contributed by atoms with Crippen LogP contribution in [0, 0.1) is 17.8 Å². The lowest BCUT2D eigenvalue weighted by Crippen LogP contribution is -2.63. The zero-order valence-corrected chi connectivity index (χ0v) is 24.7. The van der Waals surface area contributed by atoms with Crippen LogP contribution in [0.4, 0.5) is 0 Å². The number of hydrogen-bond donors (Lipinski definition) is 0. The lowest BCUT2D eigenvalue weighted by molar-refractivity contribution is -0.271. The summed E-state index contributed by atoms with van der Waals surface area (Å²) < 4.78 is 16.7. The van der Waals surface area contributed by atoms with Gasteiger partial charge in [0.05, 0.1) is 25.0 Å². The van der Waals surface area contributed by atoms with Crippen LogP contribution < -0.4 is 4.74 Å². The van der Waals surface area contributed by atoms with Crippen LogP contribution in [-0.4, -0.2) is 61.7 Å². The lowest BCUT2D eigenvalue weighted by atomic mass is 9.74. The van der Waals surface area contributed by atoms with Crippen molar-refractivity contribution in [2.75, 3.05) is 26.9 Å². The molecule has 1 saturated heterocycles. The van der Waals surface area contributed by atoms with Crippen molar-refractivity contribution < 1.29 is 43.2 Å². The van der Waals surface area contributed by atoms with Gasteiger partial charge in [-0.05, 0) is 28.3 Å². The average molecular weight is 600 g/mol. The molecule has 3 unspecified atom stereocenters. The molecule has 0 radical (unpaired) electrons. The smallest absolute Gasteiger partial charge is 0.355 e. The zero-order chi connectivity index (χ0) is 31.5. The van der Waals surface area contributed by atoms with Crippen LogP contribution in [0.1, 0.15) is 25.0 Å². The molecule has 0 N–H and O–H groups in total. The molecule has 228 valence electrons. The summed E-state index contributed by atoms with van der Waals surface area (Å²) in [7, 11) is 1.33. The fourth-order valence-corrected chi connectivity index (χ4v) is 6.13. The van der Waals surface area contributed by atoms with Crippen molar-refractivity contribution in [1.29, 1.82) is 0 Å². The maximum atomic E-state index is 13.4. The minimum Gasteiger partial charge on any atom is -0.488 e. The van der Waals surface area contributed by atoms with E-state index < -0.39 is 35.8 Å². The number of nitrogens with zero attached hydrogens (tertiary/aromatic N) is 1. The highest BCUT2D eigenvalue weighted by molar-refractivity contribution is 6.08. The Balaban J connectivity index is 1.46. The molecule has 5 rings (SSSR count). The van der Waals surface area contributed by atoms with Crippen LogP contribution >= 0.6 is 0 Å². The Kier molecular flexibility index (Phi) is 8.82. The molecule has 0 saturated carbocycles. The number of amides is 1. The van der Waals surface area contributed by atoms with Crippen LogP contribution in [-0.2, 0) is 38.4 Å². The van der Waals surface area contributed by atoms with Gasteiger partial charge in [-0.25, -0.2) is 14.4 Å². The Bertz CT molecular complexity index is 1600. The highest BCUT2D eigenvalue weighted by Crippen LogP contribution is 2.51. The third kappa shape index (κ3) is 5.22. The minimum absolute atomic E-state index is 0.0129. The zero-order valence-electron chi connectivity index (χ0n) is 24.7. The van der Waals surface area contributed by atoms with Gasteiger partial charge in [-0.2, -0.15) is 4.89 Å². The van der Waals surface area contributed by atoms with Crippen LogP contribution in [0.5, 0.6) is 5.75 Å². The number of hydrogen-bond acceptors (Lipinski definition) is 9. The van der Waals surface area contributed by atoms with Gasteiger partial charge in [0.2, 0.25) is 5.91 Å². The Morgan fingerprint density at radius 2 is 1.70 bits per heavy atom. The second-order valence-electron chi connectivity index (χ2n) is 10.6. The van der Waals surface area contributed by atoms with E-state index in [1.54, 1.807) is 6.92 Å². The maximum Gasteiger partial charge on any atom is 0.355 e. The van der Waals surface area contributed by atoms with E-state index >= 15 is 0 Å². The van der Waals surface area contributed by atoms with E-state index in [4.69, 9.17) is 24.0 Å². The molecular weight excluding hydrogens is 566 g/mol. The highest BCUT2D eigenvalue weighted by atomic mass is 17.2. The number of fused-ring (bicyclic) bond motifs is 4. The molecule has 44 heavy (non-hydrogen) atoms. The first-order valence-electron chi connectivity index (χ1n) is 14.2. The molecule has 2 aromatic carbocycles. The largest absolute Gasteiger partial charge is 0.488 e. The van der Waals surface area contributed by atoms with Gasteiger partial charge in [0, 0.05) is 23.1 Å². The number of methoxy groups -OCH3 is 1. The summed E-state index contributed by atoms with van der Waals surface area (Å²) in [4.78, 5) is 62.6. The SMILES string of the molecule is C=CCOOC(=O)C(C)C1C(=O)N2C(C(=O)OCC=C)=C(COc3cccc4c3-c3ccccc3/C4=C/C(=O)OC)[C@H](C)C12. The number of ether oxygens (including phenoxy) is 3. The third-order valence-corrected chi connectivity index (χ3v) is 8.21. The van der Waals surface area contributed by atoms with Gasteiger partial charge in [0.1, 0.15) is 31.3 Å². The summed E-state index contributed by atoms with van der Waals surface area (Å²) in [6.07, 6.45) is 4.33. The number of rotatable bonds is 12. The summed E-state index contributed by atoms with van der Waals surface area (Å²) in [6, 6.07) is 12.7. The van der Waals surface area contributed by atoms with Crippen molar-refractivity contribution in [3.63, 3.8) is 0 Å². The van der Waals surface area contributed by atoms with E-state index in [0.717, 1.165) is 22.3 Å². The van der Waals surface area contributed by atoms with Crippen molar-refractivity contribution >= 4 is 29.4 Å². The fraction of sp³-hybridized carbons (Fsp3) is 0.294. The van der Waals surface area contributed by atoms with Gasteiger partial charge in [0.15, 0.2) is 0 Å². The van der Waals surface area contributed by atoms with Crippen molar-refractivity contribution in [1.82, 2.24) is 4.90 Å². The van der Waals surface area contributed by atoms with Crippen LogP contribution in [0.3, 0.4) is 0 Å². The fourth-order valence-electron chi connectivity index (χ4n) is 6.13. The van der Waals surface area contributed by atoms with Gasteiger partial charge in [-0.1, -0.05) is 69.0 Å². The van der Waals surface area contributed by atoms with Gasteiger partial charge in [-0.3, -0.25) is 9.68 Å². The molecule has 4 atom stereocenters. The summed E-state index contributed by atoms with van der Waals surface area (Å²) in [5.74, 6) is -3.59. The number of β-lactam (4-membered cyclic amide) rings is 1. The minimum atomic E-state index is -0.823. The predicted octanol–water partition coefficient (Wildman–Crippen LogP) is 4.41. The third-order valence-electron chi connectivity index (χ3n) is 8.21. The number of carbonyl (C=O) groups is 4. The van der Waals surface area contributed by atoms with E-state index in [2.05, 4.69) is 13.2 Å². The molecule has 10 heteroatoms. The van der Waals surface area contributed by atoms with Gasteiger partial charge in [0.25, 0.3) is 0 Å². The lowest BCUT2D eigenvalue weighted by Gasteiger charge is -2.47. The molecular formula is C34H33NO9. The number of benzene rings is 2. The molecule has 1 amide bonds. The standard InChI is InChI=1S/C34H33NO9/c1-6-15-41-34(39)31-25(19(3)30-28(32(37)35(30)31)20(4)33(38)44-43-16-7-2)18-42-26-14-10-13-23-24(17-27(36)40-5)21-11-8-9-12-22(21)29(23)26/h6-14,17,19-20,28,30H,1-2,15-16,18H2,3-5H3/b24-17-/t19-,20?,28?,30?/m0/s1. The van der Waals surface area contributed by atoms with Crippen molar-refractivity contribution in [2.24, 2.45) is 17.8 Å². The second kappa shape index (κ2) is 12.7. The first kappa shape index (κ1) is 30.5. The molecule has 0 aromatic heterocycles. The van der Waals surface area contributed by atoms with Gasteiger partial charge >= 0.3 is 17.9 Å². The average Bonchev–Trinajstić information content (AvgIpc) is 3.48. The highest BCUT2D eigenvalue weighted by Gasteiger charge is 2.61. The molecule has 10 nitrogen and oxygen atoms in total. The molecule has 1 fully saturated rings. The summed E-state index contributed by atoms with van der Waals surface area (Å²) in [5, 5.41) is 0. The monoisotopic (exact) mass is 599 g/mol. The van der Waals surface area contributed by atoms with E-state index in [-0.39, 0.29) is 37.3 Å². The van der Waals surface area contributed by atoms with Gasteiger partial charge < -0.3 is 19.1 Å². The van der Waals surface area contributed by atoms with E-state index in [9.17, 15) is 19.2 Å². The van der Waals surface area contributed by atoms with Crippen molar-refractivity contribution in [3.8, 4) is 16.9 Å². The van der Waals surface area contributed by atoms with Crippen LogP contribution in [0.2, 0.25) is 0 Å². The van der Waals surface area contributed by atoms with E-state index in [1.165, 1.54) is 30.2 Å². The van der Waals surface area contributed by atoms with Crippen LogP contribution in [0.25, 0.3) is 16.7 Å². The molecule has 0 bridgehead atoms. The summed E-state index contributed by atoms with van der Waals surface area (Å²) in [5.41, 5.74) is 4.74. The normalized spacial score (nSPS) is 21.1. The molecule has 2 aliphatic heterocycles. The number of esters is 2. The quantitative estimate of drug-likeness (QED) is 0.0568. The number of carbonyl (C=O) groups excluding carboxylic acids is 4. The Morgan fingerprint density at radius 1 is 1.00 bits per heavy atom. The molecule has 0 spiro atoms. The first-order valence-corrected chi connectivity index (χ1v) is 14.2. The summed E-state index contributed by atoms with van der Waals surface area (Å²) in [6.45, 7) is 10.5.